The second-order valence-electron chi connectivity index (χ2n) is 3.54. The summed E-state index contributed by atoms with van der Waals surface area (Å²) in [6, 6.07) is 6.72. The van der Waals surface area contributed by atoms with Gasteiger partial charge in [-0.3, -0.25) is 0 Å². The van der Waals surface area contributed by atoms with Crippen LogP contribution < -0.4 is 10.4 Å². The number of nitrogens with zero attached hydrogens (tertiary/aromatic N) is 1. The number of hydrogen-bond acceptors (Lipinski definition) is 5. The molecule has 5 nitrogen and oxygen atoms in total. The van der Waals surface area contributed by atoms with Crippen LogP contribution in [0.15, 0.2) is 38.6 Å². The molecular weight excluding hydrogens is 222 g/mol. The minimum atomic E-state index is -0.530. The van der Waals surface area contributed by atoms with Gasteiger partial charge in [0.15, 0.2) is 0 Å². The van der Waals surface area contributed by atoms with Crippen LogP contribution in [0.4, 0.5) is 0 Å². The molecular formula is C12H11NO4. The first kappa shape index (κ1) is 11.2. The first-order chi connectivity index (χ1) is 8.15. The summed E-state index contributed by atoms with van der Waals surface area (Å²) in [6.45, 7) is 1.53. The van der Waals surface area contributed by atoms with Crippen molar-refractivity contribution in [2.75, 3.05) is 7.11 Å². The molecule has 1 N–H and O–H groups in total. The minimum absolute atomic E-state index is 0.212. The van der Waals surface area contributed by atoms with Gasteiger partial charge in [0.1, 0.15) is 11.3 Å². The van der Waals surface area contributed by atoms with Crippen LogP contribution in [-0.4, -0.2) is 18.0 Å². The van der Waals surface area contributed by atoms with E-state index in [9.17, 15) is 4.79 Å². The topological polar surface area (TPSA) is 72.0 Å². The van der Waals surface area contributed by atoms with E-state index >= 15 is 0 Å². The first-order valence-corrected chi connectivity index (χ1v) is 4.96. The fraction of sp³-hybridized carbons (Fsp3) is 0.167. The Morgan fingerprint density at radius 1 is 1.41 bits per heavy atom. The third-order valence-corrected chi connectivity index (χ3v) is 2.48. The Labute approximate surface area is 96.9 Å². The van der Waals surface area contributed by atoms with Gasteiger partial charge < -0.3 is 14.4 Å². The second kappa shape index (κ2) is 4.29. The fourth-order valence-electron chi connectivity index (χ4n) is 1.53. The molecule has 0 fully saturated rings. The number of hydrogen-bond donors (Lipinski definition) is 1. The number of benzene rings is 1. The number of fused-ring (bicyclic) bond motifs is 1. The highest BCUT2D eigenvalue weighted by atomic mass is 16.5. The number of rotatable bonds is 2. The van der Waals surface area contributed by atoms with Gasteiger partial charge in [-0.2, -0.15) is 0 Å². The van der Waals surface area contributed by atoms with Crippen LogP contribution in [0.1, 0.15) is 12.5 Å². The highest BCUT2D eigenvalue weighted by molar-refractivity contribution is 6.00. The largest absolute Gasteiger partial charge is 0.497 e. The van der Waals surface area contributed by atoms with Gasteiger partial charge >= 0.3 is 5.63 Å². The zero-order valence-corrected chi connectivity index (χ0v) is 9.43. The lowest BCUT2D eigenvalue weighted by atomic mass is 10.1. The average Bonchev–Trinajstić information content (AvgIpc) is 2.36. The van der Waals surface area contributed by atoms with Crippen molar-refractivity contribution in [1.29, 1.82) is 0 Å². The molecule has 0 saturated heterocycles. The second-order valence-corrected chi connectivity index (χ2v) is 3.54. The van der Waals surface area contributed by atoms with Gasteiger partial charge in [-0.05, 0) is 31.2 Å². The summed E-state index contributed by atoms with van der Waals surface area (Å²) < 4.78 is 10.2. The summed E-state index contributed by atoms with van der Waals surface area (Å²) in [6.07, 6.45) is 0. The molecule has 1 aromatic carbocycles. The molecule has 0 amide bonds. The summed E-state index contributed by atoms with van der Waals surface area (Å²) in [7, 11) is 1.56. The van der Waals surface area contributed by atoms with Crippen LogP contribution >= 0.6 is 0 Å². The van der Waals surface area contributed by atoms with E-state index in [0.717, 1.165) is 0 Å². The van der Waals surface area contributed by atoms with Gasteiger partial charge in [-0.1, -0.05) is 5.16 Å². The molecule has 0 bridgehead atoms. The molecule has 1 aromatic heterocycles. The van der Waals surface area contributed by atoms with E-state index in [0.29, 0.717) is 16.7 Å². The van der Waals surface area contributed by atoms with E-state index < -0.39 is 5.63 Å². The highest BCUT2D eigenvalue weighted by Gasteiger charge is 2.09. The third kappa shape index (κ3) is 1.99. The summed E-state index contributed by atoms with van der Waals surface area (Å²) in [4.78, 5) is 11.6. The van der Waals surface area contributed by atoms with Crippen molar-refractivity contribution >= 4 is 16.7 Å². The van der Waals surface area contributed by atoms with Crippen molar-refractivity contribution in [1.82, 2.24) is 0 Å². The number of ether oxygens (including phenoxy) is 1. The lowest BCUT2D eigenvalue weighted by Crippen LogP contribution is -2.11. The Morgan fingerprint density at radius 3 is 2.82 bits per heavy atom. The van der Waals surface area contributed by atoms with Gasteiger partial charge in [0.2, 0.25) is 0 Å². The molecule has 0 radical (unpaired) electrons. The van der Waals surface area contributed by atoms with Crippen LogP contribution in [-0.2, 0) is 0 Å². The monoisotopic (exact) mass is 233 g/mol. The molecule has 1 heterocycles. The average molecular weight is 233 g/mol. The predicted molar refractivity (Wildman–Crippen MR) is 63.0 cm³/mol. The van der Waals surface area contributed by atoms with Crippen LogP contribution in [0.2, 0.25) is 0 Å². The van der Waals surface area contributed by atoms with E-state index in [1.807, 2.05) is 0 Å². The van der Waals surface area contributed by atoms with E-state index in [1.165, 1.54) is 6.92 Å². The molecule has 88 valence electrons. The Morgan fingerprint density at radius 2 is 2.18 bits per heavy atom. The van der Waals surface area contributed by atoms with Crippen molar-refractivity contribution in [2.24, 2.45) is 5.16 Å². The van der Waals surface area contributed by atoms with E-state index in [1.54, 1.807) is 31.4 Å². The first-order valence-electron chi connectivity index (χ1n) is 4.96. The van der Waals surface area contributed by atoms with Crippen molar-refractivity contribution in [3.8, 4) is 5.75 Å². The van der Waals surface area contributed by atoms with Crippen molar-refractivity contribution in [3.63, 3.8) is 0 Å². The van der Waals surface area contributed by atoms with Crippen molar-refractivity contribution in [3.05, 3.63) is 40.2 Å². The van der Waals surface area contributed by atoms with E-state index in [-0.39, 0.29) is 11.3 Å². The Balaban J connectivity index is 2.73. The maximum Gasteiger partial charge on any atom is 0.345 e. The summed E-state index contributed by atoms with van der Waals surface area (Å²) >= 11 is 0. The molecule has 0 unspecified atom stereocenters. The molecule has 2 aromatic rings. The SMILES string of the molecule is COc1ccc2oc(=O)c(/C(C)=N\O)cc2c1. The molecule has 17 heavy (non-hydrogen) atoms. The standard InChI is InChI=1S/C12H11NO4/c1-7(13-15)10-6-8-5-9(16-2)3-4-11(8)17-12(10)14/h3-6,15H,1-2H3/b13-7-. The summed E-state index contributed by atoms with van der Waals surface area (Å²) in [5, 5.41) is 12.4. The quantitative estimate of drug-likeness (QED) is 0.372. The van der Waals surface area contributed by atoms with Gasteiger partial charge in [-0.15, -0.1) is 0 Å². The lowest BCUT2D eigenvalue weighted by molar-refractivity contribution is 0.319. The zero-order valence-electron chi connectivity index (χ0n) is 9.43. The van der Waals surface area contributed by atoms with Crippen LogP contribution in [0, 0.1) is 0 Å². The molecule has 0 aliphatic heterocycles. The zero-order chi connectivity index (χ0) is 12.4. The fourth-order valence-corrected chi connectivity index (χ4v) is 1.53. The number of oxime groups is 1. The Kier molecular flexibility index (Phi) is 2.82. The summed E-state index contributed by atoms with van der Waals surface area (Å²) in [5.74, 6) is 0.663. The molecule has 2 rings (SSSR count). The van der Waals surface area contributed by atoms with Gasteiger partial charge in [0, 0.05) is 5.39 Å². The molecule has 0 spiro atoms. The smallest absolute Gasteiger partial charge is 0.345 e. The van der Waals surface area contributed by atoms with Gasteiger partial charge in [-0.25, -0.2) is 4.79 Å². The molecule has 0 saturated carbocycles. The third-order valence-electron chi connectivity index (χ3n) is 2.48. The Bertz CT molecular complexity index is 642. The molecule has 0 atom stereocenters. The maximum absolute atomic E-state index is 11.6. The van der Waals surface area contributed by atoms with Crippen molar-refractivity contribution in [2.45, 2.75) is 6.92 Å². The summed E-state index contributed by atoms with van der Waals surface area (Å²) in [5.41, 5.74) is 0.375. The predicted octanol–water partition coefficient (Wildman–Crippen LogP) is 2.00. The normalized spacial score (nSPS) is 11.8. The van der Waals surface area contributed by atoms with Crippen molar-refractivity contribution < 1.29 is 14.4 Å². The highest BCUT2D eigenvalue weighted by Crippen LogP contribution is 2.20. The van der Waals surface area contributed by atoms with Gasteiger partial charge in [0.25, 0.3) is 0 Å². The molecule has 0 aliphatic carbocycles. The maximum atomic E-state index is 11.6. The van der Waals surface area contributed by atoms with Crippen LogP contribution in [0.5, 0.6) is 5.75 Å². The lowest BCUT2D eigenvalue weighted by Gasteiger charge is -2.03. The van der Waals surface area contributed by atoms with Gasteiger partial charge in [0.05, 0.1) is 18.4 Å². The van der Waals surface area contributed by atoms with E-state index in [4.69, 9.17) is 14.4 Å². The van der Waals surface area contributed by atoms with E-state index in [2.05, 4.69) is 5.16 Å². The minimum Gasteiger partial charge on any atom is -0.497 e. The Hall–Kier alpha value is -2.30. The molecule has 5 heteroatoms. The molecule has 0 aliphatic rings. The van der Waals surface area contributed by atoms with Crippen LogP contribution in [0.3, 0.4) is 0 Å². The van der Waals surface area contributed by atoms with Crippen LogP contribution in [0.25, 0.3) is 11.0 Å². The number of methoxy groups -OCH3 is 1.